The lowest BCUT2D eigenvalue weighted by Gasteiger charge is -2.12. The number of pyridine rings is 1. The van der Waals surface area contributed by atoms with E-state index in [0.29, 0.717) is 0 Å². The van der Waals surface area contributed by atoms with E-state index < -0.39 is 15.1 Å². The van der Waals surface area contributed by atoms with Crippen LogP contribution in [0.25, 0.3) is 10.9 Å². The molecule has 0 spiro atoms. The van der Waals surface area contributed by atoms with Crippen molar-refractivity contribution < 1.29 is 8.42 Å². The van der Waals surface area contributed by atoms with Crippen molar-refractivity contribution in [2.75, 3.05) is 6.54 Å². The van der Waals surface area contributed by atoms with Gasteiger partial charge in [0, 0.05) is 17.6 Å². The van der Waals surface area contributed by atoms with E-state index >= 15 is 0 Å². The molecule has 0 bridgehead atoms. The molecule has 1 unspecified atom stereocenters. The average Bonchev–Trinajstić information content (AvgIpc) is 2.37. The van der Waals surface area contributed by atoms with Crippen molar-refractivity contribution in [2.45, 2.75) is 24.9 Å². The van der Waals surface area contributed by atoms with Gasteiger partial charge in [0.2, 0.25) is 0 Å². The molecule has 1 atom stereocenters. The Kier molecular flexibility index (Phi) is 3.87. The van der Waals surface area contributed by atoms with Gasteiger partial charge < -0.3 is 5.73 Å². The molecule has 5 heteroatoms. The predicted molar refractivity (Wildman–Crippen MR) is 77.6 cm³/mol. The first-order valence-corrected chi connectivity index (χ1v) is 7.92. The third-order valence-corrected chi connectivity index (χ3v) is 5.36. The smallest absolute Gasteiger partial charge is 0.158 e. The topological polar surface area (TPSA) is 73.0 Å². The van der Waals surface area contributed by atoms with Gasteiger partial charge in [-0.2, -0.15) is 0 Å². The largest absolute Gasteiger partial charge is 0.329 e. The summed E-state index contributed by atoms with van der Waals surface area (Å²) >= 11 is 0. The zero-order valence-electron chi connectivity index (χ0n) is 11.1. The van der Waals surface area contributed by atoms with Crippen LogP contribution in [-0.2, 0) is 15.6 Å². The van der Waals surface area contributed by atoms with Gasteiger partial charge in [0.1, 0.15) is 0 Å². The van der Waals surface area contributed by atoms with Crippen LogP contribution in [0, 0.1) is 6.92 Å². The van der Waals surface area contributed by atoms with Crippen LogP contribution in [0.5, 0.6) is 0 Å². The fourth-order valence-corrected chi connectivity index (χ4v) is 3.27. The second-order valence-corrected chi connectivity index (χ2v) is 7.21. The minimum Gasteiger partial charge on any atom is -0.329 e. The Morgan fingerprint density at radius 2 is 2.00 bits per heavy atom. The molecule has 2 N–H and O–H groups in total. The zero-order chi connectivity index (χ0) is 14.0. The van der Waals surface area contributed by atoms with Gasteiger partial charge in [-0.15, -0.1) is 0 Å². The highest BCUT2D eigenvalue weighted by molar-refractivity contribution is 7.91. The Labute approximate surface area is 113 Å². The van der Waals surface area contributed by atoms with E-state index in [0.717, 1.165) is 22.2 Å². The third kappa shape index (κ3) is 2.93. The molecule has 19 heavy (non-hydrogen) atoms. The highest BCUT2D eigenvalue weighted by Gasteiger charge is 2.21. The second kappa shape index (κ2) is 5.27. The summed E-state index contributed by atoms with van der Waals surface area (Å²) in [5.41, 5.74) is 7.91. The lowest BCUT2D eigenvalue weighted by molar-refractivity contribution is 0.583. The zero-order valence-corrected chi connectivity index (χ0v) is 11.9. The quantitative estimate of drug-likeness (QED) is 0.925. The molecule has 0 aliphatic heterocycles. The summed E-state index contributed by atoms with van der Waals surface area (Å²) in [7, 11) is -3.22. The van der Waals surface area contributed by atoms with Crippen molar-refractivity contribution in [3.63, 3.8) is 0 Å². The van der Waals surface area contributed by atoms with Gasteiger partial charge >= 0.3 is 0 Å². The third-order valence-electron chi connectivity index (χ3n) is 3.23. The number of aromatic nitrogens is 1. The molecule has 0 fully saturated rings. The predicted octanol–water partition coefficient (Wildman–Crippen LogP) is 1.81. The number of nitrogens with zero attached hydrogens (tertiary/aromatic N) is 1. The SMILES string of the molecule is Cc1cc(CS(=O)(=O)C(C)CN)c2ccccc2n1. The van der Waals surface area contributed by atoms with Gasteiger partial charge in [0.05, 0.1) is 16.5 Å². The summed E-state index contributed by atoms with van der Waals surface area (Å²) in [5.74, 6) is 0.00917. The molecule has 0 saturated carbocycles. The summed E-state index contributed by atoms with van der Waals surface area (Å²) in [5, 5.41) is 0.362. The molecular formula is C14H18N2O2S. The molecule has 2 aromatic rings. The van der Waals surface area contributed by atoms with Crippen LogP contribution < -0.4 is 5.73 Å². The van der Waals surface area contributed by atoms with E-state index in [1.807, 2.05) is 37.3 Å². The highest BCUT2D eigenvalue weighted by Crippen LogP contribution is 2.21. The summed E-state index contributed by atoms with van der Waals surface area (Å²) in [6.07, 6.45) is 0. The van der Waals surface area contributed by atoms with E-state index in [1.54, 1.807) is 6.92 Å². The molecule has 0 aliphatic rings. The Bertz CT molecular complexity index is 696. The number of nitrogens with two attached hydrogens (primary N) is 1. The summed E-state index contributed by atoms with van der Waals surface area (Å²) < 4.78 is 24.4. The van der Waals surface area contributed by atoms with Crippen molar-refractivity contribution in [2.24, 2.45) is 5.73 Å². The first-order chi connectivity index (χ1) is 8.94. The van der Waals surface area contributed by atoms with E-state index in [-0.39, 0.29) is 12.3 Å². The fourth-order valence-electron chi connectivity index (χ4n) is 2.02. The van der Waals surface area contributed by atoms with E-state index in [4.69, 9.17) is 5.73 Å². The van der Waals surface area contributed by atoms with Gasteiger partial charge in [0.25, 0.3) is 0 Å². The maximum Gasteiger partial charge on any atom is 0.158 e. The van der Waals surface area contributed by atoms with Gasteiger partial charge in [-0.3, -0.25) is 4.98 Å². The minimum absolute atomic E-state index is 0.00917. The van der Waals surface area contributed by atoms with Crippen LogP contribution in [0.1, 0.15) is 18.2 Å². The lowest BCUT2D eigenvalue weighted by Crippen LogP contribution is -2.27. The van der Waals surface area contributed by atoms with Gasteiger partial charge in [-0.25, -0.2) is 8.42 Å². The van der Waals surface area contributed by atoms with Crippen LogP contribution in [0.4, 0.5) is 0 Å². The standard InChI is InChI=1S/C14H18N2O2S/c1-10-7-12(9-19(17,18)11(2)8-15)13-5-3-4-6-14(13)16-10/h3-7,11H,8-9,15H2,1-2H3. The monoisotopic (exact) mass is 278 g/mol. The second-order valence-electron chi connectivity index (χ2n) is 4.79. The van der Waals surface area contributed by atoms with Crippen LogP contribution in [0.2, 0.25) is 0 Å². The molecule has 0 aliphatic carbocycles. The van der Waals surface area contributed by atoms with E-state index in [9.17, 15) is 8.42 Å². The Morgan fingerprint density at radius 1 is 1.32 bits per heavy atom. The Balaban J connectivity index is 2.52. The summed E-state index contributed by atoms with van der Waals surface area (Å²) in [4.78, 5) is 4.41. The molecule has 2 rings (SSSR count). The number of benzene rings is 1. The maximum atomic E-state index is 12.2. The molecule has 1 aromatic carbocycles. The van der Waals surface area contributed by atoms with Crippen molar-refractivity contribution in [1.29, 1.82) is 0 Å². The maximum absolute atomic E-state index is 12.2. The first kappa shape index (κ1) is 14.0. The van der Waals surface area contributed by atoms with Crippen LogP contribution >= 0.6 is 0 Å². The number of hydrogen-bond donors (Lipinski definition) is 1. The molecule has 102 valence electrons. The molecule has 1 aromatic heterocycles. The number of hydrogen-bond acceptors (Lipinski definition) is 4. The number of fused-ring (bicyclic) bond motifs is 1. The van der Waals surface area contributed by atoms with Crippen LogP contribution in [0.15, 0.2) is 30.3 Å². The van der Waals surface area contributed by atoms with Gasteiger partial charge in [-0.05, 0) is 31.5 Å². The minimum atomic E-state index is -3.22. The number of rotatable bonds is 4. The van der Waals surface area contributed by atoms with Crippen LogP contribution in [-0.4, -0.2) is 25.2 Å². The van der Waals surface area contributed by atoms with E-state index in [2.05, 4.69) is 4.98 Å². The van der Waals surface area contributed by atoms with Crippen molar-refractivity contribution in [3.05, 3.63) is 41.6 Å². The lowest BCUT2D eigenvalue weighted by atomic mass is 10.1. The fraction of sp³-hybridized carbons (Fsp3) is 0.357. The summed E-state index contributed by atoms with van der Waals surface area (Å²) in [6.45, 7) is 3.66. The average molecular weight is 278 g/mol. The van der Waals surface area contributed by atoms with Crippen molar-refractivity contribution >= 4 is 20.7 Å². The van der Waals surface area contributed by atoms with Crippen molar-refractivity contribution in [3.8, 4) is 0 Å². The Morgan fingerprint density at radius 3 is 2.68 bits per heavy atom. The van der Waals surface area contributed by atoms with Gasteiger partial charge in [-0.1, -0.05) is 18.2 Å². The molecular weight excluding hydrogens is 260 g/mol. The van der Waals surface area contributed by atoms with E-state index in [1.165, 1.54) is 0 Å². The molecule has 1 heterocycles. The number of sulfone groups is 1. The van der Waals surface area contributed by atoms with Crippen molar-refractivity contribution in [1.82, 2.24) is 4.98 Å². The number of aryl methyl sites for hydroxylation is 1. The van der Waals surface area contributed by atoms with Crippen LogP contribution in [0.3, 0.4) is 0 Å². The highest BCUT2D eigenvalue weighted by atomic mass is 32.2. The normalized spacial score (nSPS) is 13.6. The molecule has 4 nitrogen and oxygen atoms in total. The van der Waals surface area contributed by atoms with Gasteiger partial charge in [0.15, 0.2) is 9.84 Å². The first-order valence-electron chi connectivity index (χ1n) is 6.21. The Hall–Kier alpha value is -1.46. The number of para-hydroxylation sites is 1. The molecule has 0 saturated heterocycles. The molecule has 0 radical (unpaired) electrons. The molecule has 0 amide bonds. The summed E-state index contributed by atoms with van der Waals surface area (Å²) in [6, 6.07) is 9.42.